The summed E-state index contributed by atoms with van der Waals surface area (Å²) in [5, 5.41) is 42.4. The summed E-state index contributed by atoms with van der Waals surface area (Å²) >= 11 is 1.59. The molecule has 2 aromatic carbocycles. The predicted octanol–water partition coefficient (Wildman–Crippen LogP) is 6.35. The van der Waals surface area contributed by atoms with E-state index in [4.69, 9.17) is 0 Å². The second-order valence-electron chi connectivity index (χ2n) is 15.5. The van der Waals surface area contributed by atoms with Crippen molar-refractivity contribution < 1.29 is 19.8 Å². The number of unbranched alkanes of at least 4 members (excludes halogenated alkanes) is 1. The van der Waals surface area contributed by atoms with Crippen LogP contribution in [0.5, 0.6) is 5.75 Å². The first-order chi connectivity index (χ1) is 26.4. The highest BCUT2D eigenvalue weighted by atomic mass is 32.1. The van der Waals surface area contributed by atoms with Gasteiger partial charge in [0.1, 0.15) is 17.8 Å². The zero-order valence-electron chi connectivity index (χ0n) is 31.7. The number of thiazole rings is 1. The Labute approximate surface area is 323 Å². The summed E-state index contributed by atoms with van der Waals surface area (Å²) in [6, 6.07) is 17.3. The summed E-state index contributed by atoms with van der Waals surface area (Å²) in [5.41, 5.74) is 8.03. The van der Waals surface area contributed by atoms with Gasteiger partial charge in [-0.2, -0.15) is 0 Å². The first-order valence-electron chi connectivity index (χ1n) is 18.7. The maximum Gasteiger partial charge on any atom is 0.248 e. The number of para-hydroxylation sites is 1. The van der Waals surface area contributed by atoms with E-state index in [2.05, 4.69) is 41.9 Å². The number of aryl methyl sites for hydroxylation is 3. The maximum absolute atomic E-state index is 14.3. The third-order valence-corrected chi connectivity index (χ3v) is 11.2. The van der Waals surface area contributed by atoms with Crippen molar-refractivity contribution in [1.82, 2.24) is 45.4 Å². The molecular weight excluding hydrogens is 715 g/mol. The van der Waals surface area contributed by atoms with Crippen molar-refractivity contribution in [2.75, 3.05) is 6.54 Å². The van der Waals surface area contributed by atoms with Crippen molar-refractivity contribution in [3.63, 3.8) is 0 Å². The second kappa shape index (κ2) is 15.7. The average Bonchev–Trinajstić information content (AvgIpc) is 3.96. The Morgan fingerprint density at radius 2 is 1.80 bits per heavy atom. The molecule has 2 amide bonds. The Kier molecular flexibility index (Phi) is 10.8. The van der Waals surface area contributed by atoms with Crippen molar-refractivity contribution in [3.8, 4) is 27.4 Å². The number of benzene rings is 2. The number of amides is 2. The van der Waals surface area contributed by atoms with Crippen LogP contribution in [0.15, 0.2) is 72.4 Å². The van der Waals surface area contributed by atoms with Gasteiger partial charge in [-0.3, -0.25) is 9.59 Å². The molecule has 0 radical (unpaired) electrons. The summed E-state index contributed by atoms with van der Waals surface area (Å²) in [5.74, 6) is -0.412. The lowest BCUT2D eigenvalue weighted by molar-refractivity contribution is -0.144. The molecule has 4 aromatic heterocycles. The van der Waals surface area contributed by atoms with Crippen LogP contribution in [0.25, 0.3) is 32.7 Å². The summed E-state index contributed by atoms with van der Waals surface area (Å²) < 4.78 is 1.62. The number of likely N-dealkylation sites (tertiary alicyclic amines) is 1. The van der Waals surface area contributed by atoms with Crippen LogP contribution in [-0.4, -0.2) is 80.8 Å². The molecule has 0 unspecified atom stereocenters. The van der Waals surface area contributed by atoms with Gasteiger partial charge in [-0.05, 0) is 80.3 Å². The molecule has 1 aliphatic heterocycles. The third kappa shape index (κ3) is 8.30. The fourth-order valence-corrected chi connectivity index (χ4v) is 8.17. The molecule has 0 spiro atoms. The number of carbonyl (C=O) groups excluding carboxylic acids is 2. The zero-order valence-corrected chi connectivity index (χ0v) is 32.5. The molecule has 55 heavy (non-hydrogen) atoms. The standard InChI is InChI=1S/C41H47N9O4S/c1-24(26-14-16-27(17-15-26)36-25(2)42-23-55-36)43-39(53)34-20-31(51)22-49(34)40(54)37(41(3,4)5)50-21-30(45-48-50)11-7-6-10-29-18-28-19-33(46-47-38(28)44-29)32-12-8-9-13-35(32)52/h8-9,12-19,21,23-24,31,34,37,51-52H,6-7,10-11,20,22H2,1-5H3,(H,43,53)(H,44,47)/t24-,31+,34-,37+/m0/s1. The van der Waals surface area contributed by atoms with Gasteiger partial charge in [-0.25, -0.2) is 9.67 Å². The van der Waals surface area contributed by atoms with Crippen LogP contribution in [0, 0.1) is 12.3 Å². The van der Waals surface area contributed by atoms with Crippen molar-refractivity contribution in [3.05, 3.63) is 95.0 Å². The maximum atomic E-state index is 14.3. The molecule has 5 heterocycles. The number of phenolic OH excluding ortho intramolecular Hbond substituents is 1. The van der Waals surface area contributed by atoms with Crippen molar-refractivity contribution in [2.24, 2.45) is 5.41 Å². The summed E-state index contributed by atoms with van der Waals surface area (Å²) in [4.78, 5) is 38.3. The Balaban J connectivity index is 0.965. The first kappa shape index (κ1) is 37.8. The normalized spacial score (nSPS) is 17.1. The lowest BCUT2D eigenvalue weighted by Crippen LogP contribution is -2.50. The number of aliphatic hydroxyl groups excluding tert-OH is 1. The number of fused-ring (bicyclic) bond motifs is 1. The Hall–Kier alpha value is -5.47. The van der Waals surface area contributed by atoms with Gasteiger partial charge in [-0.15, -0.1) is 26.6 Å². The van der Waals surface area contributed by atoms with E-state index in [-0.39, 0.29) is 36.6 Å². The fourth-order valence-electron chi connectivity index (χ4n) is 7.36. The van der Waals surface area contributed by atoms with Gasteiger partial charge in [0.05, 0.1) is 39.6 Å². The molecule has 6 aromatic rings. The molecule has 7 rings (SSSR count). The topological polar surface area (TPSA) is 175 Å². The van der Waals surface area contributed by atoms with E-state index in [0.717, 1.165) is 57.7 Å². The van der Waals surface area contributed by atoms with Gasteiger partial charge in [0.15, 0.2) is 5.65 Å². The molecule has 0 saturated carbocycles. The number of rotatable bonds is 12. The summed E-state index contributed by atoms with van der Waals surface area (Å²) in [7, 11) is 0. The van der Waals surface area contributed by atoms with Crippen molar-refractivity contribution in [1.29, 1.82) is 0 Å². The van der Waals surface area contributed by atoms with E-state index in [0.29, 0.717) is 23.3 Å². The van der Waals surface area contributed by atoms with Crippen molar-refractivity contribution in [2.45, 2.75) is 91.0 Å². The van der Waals surface area contributed by atoms with E-state index in [9.17, 15) is 19.8 Å². The van der Waals surface area contributed by atoms with E-state index >= 15 is 0 Å². The molecule has 0 aliphatic carbocycles. The molecule has 1 aliphatic rings. The quantitative estimate of drug-likeness (QED) is 0.104. The molecule has 4 atom stereocenters. The number of phenols is 1. The SMILES string of the molecule is Cc1ncsc1-c1ccc([C@H](C)NC(=O)[C@@H]2C[C@@H](O)CN2C(=O)[C@@H](n2cc(CCCCc3cc4cc(-c5ccccc5O)nnc4[nH]3)nn2)C(C)(C)C)cc1. The number of hydrogen-bond donors (Lipinski definition) is 4. The largest absolute Gasteiger partial charge is 0.507 e. The number of β-amino-alcohol motifs (C(OH)–C–C–N with tert-alkyl or cyclic N) is 1. The predicted molar refractivity (Wildman–Crippen MR) is 211 cm³/mol. The molecule has 1 fully saturated rings. The van der Waals surface area contributed by atoms with E-state index in [1.54, 1.807) is 28.2 Å². The van der Waals surface area contributed by atoms with Crippen LogP contribution in [0.1, 0.15) is 81.7 Å². The molecular formula is C41H47N9O4S. The number of nitrogens with one attached hydrogen (secondary N) is 2. The molecule has 13 nitrogen and oxygen atoms in total. The second-order valence-corrected chi connectivity index (χ2v) is 16.4. The number of carbonyl (C=O) groups is 2. The summed E-state index contributed by atoms with van der Waals surface area (Å²) in [6.07, 6.45) is 4.39. The van der Waals surface area contributed by atoms with Gasteiger partial charge in [0.2, 0.25) is 11.8 Å². The van der Waals surface area contributed by atoms with Gasteiger partial charge in [-0.1, -0.05) is 62.4 Å². The van der Waals surface area contributed by atoms with E-state index in [1.807, 2.05) is 88.8 Å². The fraction of sp³-hybridized carbons (Fsp3) is 0.390. The van der Waals surface area contributed by atoms with Crippen molar-refractivity contribution >= 4 is 34.2 Å². The molecule has 0 bridgehead atoms. The number of aromatic amines is 1. The minimum Gasteiger partial charge on any atom is -0.507 e. The molecule has 14 heteroatoms. The highest BCUT2D eigenvalue weighted by Crippen LogP contribution is 2.35. The van der Waals surface area contributed by atoms with Crippen LogP contribution < -0.4 is 5.32 Å². The number of hydrogen-bond acceptors (Lipinski definition) is 10. The lowest BCUT2D eigenvalue weighted by atomic mass is 9.85. The van der Waals surface area contributed by atoms with Crippen LogP contribution in [0.4, 0.5) is 0 Å². The molecule has 1 saturated heterocycles. The average molecular weight is 762 g/mol. The van der Waals surface area contributed by atoms with Crippen LogP contribution in [0.2, 0.25) is 0 Å². The van der Waals surface area contributed by atoms with Gasteiger partial charge < -0.3 is 25.4 Å². The highest BCUT2D eigenvalue weighted by Gasteiger charge is 2.45. The minimum atomic E-state index is -0.815. The highest BCUT2D eigenvalue weighted by molar-refractivity contribution is 7.13. The smallest absolute Gasteiger partial charge is 0.248 e. The number of aromatic nitrogens is 7. The Morgan fingerprint density at radius 1 is 1.04 bits per heavy atom. The van der Waals surface area contributed by atoms with Gasteiger partial charge in [0, 0.05) is 35.8 Å². The monoisotopic (exact) mass is 761 g/mol. The van der Waals surface area contributed by atoms with Gasteiger partial charge in [0.25, 0.3) is 0 Å². The number of H-pyrrole nitrogens is 1. The Morgan fingerprint density at radius 3 is 2.53 bits per heavy atom. The molecule has 286 valence electrons. The number of aromatic hydroxyl groups is 1. The molecule has 4 N–H and O–H groups in total. The van der Waals surface area contributed by atoms with Gasteiger partial charge >= 0.3 is 0 Å². The Bertz CT molecular complexity index is 2290. The zero-order chi connectivity index (χ0) is 38.9. The number of aliphatic hydroxyl groups is 1. The lowest BCUT2D eigenvalue weighted by Gasteiger charge is -2.34. The number of nitrogens with zero attached hydrogens (tertiary/aromatic N) is 7. The van der Waals surface area contributed by atoms with E-state index in [1.165, 1.54) is 4.90 Å². The van der Waals surface area contributed by atoms with Crippen LogP contribution >= 0.6 is 11.3 Å². The van der Waals surface area contributed by atoms with E-state index < -0.39 is 23.6 Å². The van der Waals surface area contributed by atoms with Crippen LogP contribution in [-0.2, 0) is 22.4 Å². The minimum absolute atomic E-state index is 0.0672. The summed E-state index contributed by atoms with van der Waals surface area (Å²) in [6.45, 7) is 9.87. The third-order valence-electron chi connectivity index (χ3n) is 10.3. The van der Waals surface area contributed by atoms with Crippen LogP contribution in [0.3, 0.4) is 0 Å². The first-order valence-corrected chi connectivity index (χ1v) is 19.6.